The number of hydrogen-bond donors (Lipinski definition) is 2. The maximum absolute atomic E-state index is 13.1. The monoisotopic (exact) mass is 487 g/mol. The van der Waals surface area contributed by atoms with Crippen molar-refractivity contribution in [3.63, 3.8) is 0 Å². The van der Waals surface area contributed by atoms with Crippen LogP contribution in [0.1, 0.15) is 59.0 Å². The number of fused-ring (bicyclic) bond motifs is 1. The number of rotatable bonds is 6. The maximum atomic E-state index is 13.1. The molecule has 0 spiro atoms. The molecule has 0 atom stereocenters. The third kappa shape index (κ3) is 5.94. The van der Waals surface area contributed by atoms with Crippen molar-refractivity contribution in [3.8, 4) is 0 Å². The van der Waals surface area contributed by atoms with Gasteiger partial charge in [0.1, 0.15) is 17.1 Å². The summed E-state index contributed by atoms with van der Waals surface area (Å²) < 4.78 is 20.1. The van der Waals surface area contributed by atoms with Crippen LogP contribution < -0.4 is 10.6 Å². The summed E-state index contributed by atoms with van der Waals surface area (Å²) in [6.07, 6.45) is 7.98. The van der Waals surface area contributed by atoms with E-state index in [4.69, 9.17) is 17.0 Å². The van der Waals surface area contributed by atoms with Gasteiger partial charge in [0.2, 0.25) is 5.95 Å². The van der Waals surface area contributed by atoms with Gasteiger partial charge in [0.15, 0.2) is 5.11 Å². The Kier molecular flexibility index (Phi) is 7.66. The van der Waals surface area contributed by atoms with Crippen LogP contribution in [0, 0.1) is 5.82 Å². The van der Waals surface area contributed by atoms with Crippen LogP contribution in [0.2, 0.25) is 0 Å². The van der Waals surface area contributed by atoms with E-state index in [-0.39, 0.29) is 11.8 Å². The van der Waals surface area contributed by atoms with Crippen molar-refractivity contribution in [2.24, 2.45) is 0 Å². The van der Waals surface area contributed by atoms with Gasteiger partial charge in [-0.3, -0.25) is 5.32 Å². The minimum atomic E-state index is -0.317. The first-order valence-electron chi connectivity index (χ1n) is 11.1. The zero-order valence-corrected chi connectivity index (χ0v) is 20.0. The molecule has 0 saturated carbocycles. The van der Waals surface area contributed by atoms with Crippen LogP contribution >= 0.6 is 23.6 Å². The van der Waals surface area contributed by atoms with Gasteiger partial charge in [-0.25, -0.2) is 18.9 Å². The Morgan fingerprint density at radius 2 is 1.94 bits per heavy atom. The van der Waals surface area contributed by atoms with E-state index in [0.29, 0.717) is 34.8 Å². The Morgan fingerprint density at radius 3 is 2.70 bits per heavy atom. The van der Waals surface area contributed by atoms with Crippen molar-refractivity contribution in [3.05, 3.63) is 58.0 Å². The van der Waals surface area contributed by atoms with Crippen molar-refractivity contribution >= 4 is 45.6 Å². The summed E-state index contributed by atoms with van der Waals surface area (Å²) >= 11 is 7.05. The highest BCUT2D eigenvalue weighted by Crippen LogP contribution is 2.37. The van der Waals surface area contributed by atoms with Crippen molar-refractivity contribution < 1.29 is 13.9 Å². The van der Waals surface area contributed by atoms with Gasteiger partial charge in [0.05, 0.1) is 18.7 Å². The van der Waals surface area contributed by atoms with E-state index in [0.717, 1.165) is 36.8 Å². The second-order valence-electron chi connectivity index (χ2n) is 7.81. The lowest BCUT2D eigenvalue weighted by molar-refractivity contribution is 0.0526. The number of aromatic nitrogens is 3. The quantitative estimate of drug-likeness (QED) is 0.367. The van der Waals surface area contributed by atoms with Gasteiger partial charge in [-0.2, -0.15) is 0 Å². The summed E-state index contributed by atoms with van der Waals surface area (Å²) in [6.45, 7) is 2.59. The number of halogens is 1. The molecule has 0 unspecified atom stereocenters. The second-order valence-corrected chi connectivity index (χ2v) is 9.33. The van der Waals surface area contributed by atoms with Gasteiger partial charge in [-0.05, 0) is 68.1 Å². The molecule has 7 nitrogen and oxygen atoms in total. The molecule has 2 aromatic heterocycles. The molecule has 0 radical (unpaired) electrons. The zero-order chi connectivity index (χ0) is 23.2. The largest absolute Gasteiger partial charge is 0.462 e. The van der Waals surface area contributed by atoms with E-state index in [9.17, 15) is 9.18 Å². The number of nitrogens with one attached hydrogen (secondary N) is 2. The summed E-state index contributed by atoms with van der Waals surface area (Å²) in [5, 5.41) is 11.5. The molecule has 1 aliphatic rings. The van der Waals surface area contributed by atoms with Crippen LogP contribution in [0.3, 0.4) is 0 Å². The Labute approximate surface area is 201 Å². The number of anilines is 2. The summed E-state index contributed by atoms with van der Waals surface area (Å²) in [5.41, 5.74) is 2.59. The molecule has 0 bridgehead atoms. The minimum Gasteiger partial charge on any atom is -0.462 e. The van der Waals surface area contributed by atoms with Gasteiger partial charge in [0, 0.05) is 4.88 Å². The molecule has 0 fully saturated rings. The summed E-state index contributed by atoms with van der Waals surface area (Å²) in [6, 6.07) is 6.23. The average Bonchev–Trinajstić information content (AvgIpc) is 3.33. The van der Waals surface area contributed by atoms with E-state index in [1.54, 1.807) is 41.4 Å². The topological polar surface area (TPSA) is 81.1 Å². The van der Waals surface area contributed by atoms with Crippen LogP contribution in [0.4, 0.5) is 15.3 Å². The fourth-order valence-corrected chi connectivity index (χ4v) is 5.41. The zero-order valence-electron chi connectivity index (χ0n) is 18.4. The van der Waals surface area contributed by atoms with E-state index < -0.39 is 0 Å². The number of ether oxygens (including phenoxy) is 1. The number of hydrogen-bond acceptors (Lipinski definition) is 6. The SMILES string of the molecule is CCOC(=O)c1c(NC(=S)Nc2ncn(Cc3ccc(F)cc3)n2)sc2c1CCCCCC2. The highest BCUT2D eigenvalue weighted by molar-refractivity contribution is 7.80. The first-order chi connectivity index (χ1) is 16.0. The molecule has 2 heterocycles. The number of thiocarbonyl (C=S) groups is 1. The molecular formula is C23H26FN5O2S2. The van der Waals surface area contributed by atoms with Gasteiger partial charge in [-0.1, -0.05) is 25.0 Å². The van der Waals surface area contributed by atoms with Crippen molar-refractivity contribution in [2.45, 2.75) is 52.0 Å². The maximum Gasteiger partial charge on any atom is 0.341 e. The third-order valence-electron chi connectivity index (χ3n) is 5.40. The molecule has 1 aliphatic carbocycles. The van der Waals surface area contributed by atoms with E-state index in [2.05, 4.69) is 20.7 Å². The molecule has 0 aliphatic heterocycles. The summed E-state index contributed by atoms with van der Waals surface area (Å²) in [5.74, 6) is -0.260. The molecule has 0 saturated heterocycles. The average molecular weight is 488 g/mol. The summed E-state index contributed by atoms with van der Waals surface area (Å²) in [4.78, 5) is 18.2. The molecule has 174 valence electrons. The molecule has 0 amide bonds. The molecule has 1 aromatic carbocycles. The number of carbonyl (C=O) groups is 1. The van der Waals surface area contributed by atoms with Gasteiger partial charge in [-0.15, -0.1) is 16.4 Å². The lowest BCUT2D eigenvalue weighted by atomic mass is 9.96. The Bertz CT molecular complexity index is 1130. The second kappa shape index (κ2) is 10.8. The number of benzene rings is 1. The number of esters is 1. The van der Waals surface area contributed by atoms with Gasteiger partial charge >= 0.3 is 5.97 Å². The highest BCUT2D eigenvalue weighted by atomic mass is 32.1. The van der Waals surface area contributed by atoms with Crippen LogP contribution in [-0.2, 0) is 24.1 Å². The molecule has 33 heavy (non-hydrogen) atoms. The van der Waals surface area contributed by atoms with Crippen LogP contribution in [0.25, 0.3) is 0 Å². The lowest BCUT2D eigenvalue weighted by Crippen LogP contribution is -2.21. The first-order valence-corrected chi connectivity index (χ1v) is 12.3. The molecule has 10 heteroatoms. The predicted molar refractivity (Wildman–Crippen MR) is 132 cm³/mol. The highest BCUT2D eigenvalue weighted by Gasteiger charge is 2.25. The predicted octanol–water partition coefficient (Wildman–Crippen LogP) is 5.17. The number of carbonyl (C=O) groups excluding carboxylic acids is 1. The molecule has 4 rings (SSSR count). The Hall–Kier alpha value is -2.85. The van der Waals surface area contributed by atoms with Gasteiger partial charge < -0.3 is 10.1 Å². The Balaban J connectivity index is 1.47. The van der Waals surface area contributed by atoms with E-state index in [1.807, 2.05) is 0 Å². The number of thiophene rings is 1. The minimum absolute atomic E-state index is 0.278. The first kappa shape index (κ1) is 23.3. The third-order valence-corrected chi connectivity index (χ3v) is 6.81. The summed E-state index contributed by atoms with van der Waals surface area (Å²) in [7, 11) is 0. The van der Waals surface area contributed by atoms with Crippen LogP contribution in [0.15, 0.2) is 30.6 Å². The smallest absolute Gasteiger partial charge is 0.341 e. The molecule has 3 aromatic rings. The molecular weight excluding hydrogens is 461 g/mol. The van der Waals surface area contributed by atoms with Crippen LogP contribution in [-0.4, -0.2) is 32.5 Å². The Morgan fingerprint density at radius 1 is 1.18 bits per heavy atom. The number of nitrogens with zero attached hydrogens (tertiary/aromatic N) is 3. The van der Waals surface area contributed by atoms with E-state index in [1.165, 1.54) is 29.9 Å². The normalized spacial score (nSPS) is 13.5. The van der Waals surface area contributed by atoms with Crippen molar-refractivity contribution in [1.82, 2.24) is 14.8 Å². The molecule has 2 N–H and O–H groups in total. The fraction of sp³-hybridized carbons (Fsp3) is 0.391. The van der Waals surface area contributed by atoms with Crippen LogP contribution in [0.5, 0.6) is 0 Å². The lowest BCUT2D eigenvalue weighted by Gasteiger charge is -2.12. The standard InChI is InChI=1S/C23H26FN5O2S2/c1-2-31-21(30)19-17-7-5-3-4-6-8-18(17)33-20(19)26-23(32)27-22-25-14-29(28-22)13-15-9-11-16(24)12-10-15/h9-12,14H,2-8,13H2,1H3,(H2,26,27,28,32). The van der Waals surface area contributed by atoms with E-state index >= 15 is 0 Å². The number of aryl methyl sites for hydroxylation is 1. The van der Waals surface area contributed by atoms with Crippen molar-refractivity contribution in [1.29, 1.82) is 0 Å². The fourth-order valence-electron chi connectivity index (χ4n) is 3.87. The van der Waals surface area contributed by atoms with Crippen molar-refractivity contribution in [2.75, 3.05) is 17.2 Å². The van der Waals surface area contributed by atoms with Gasteiger partial charge in [0.25, 0.3) is 0 Å².